The van der Waals surface area contributed by atoms with Crippen LogP contribution in [0.4, 0.5) is 0 Å². The number of nitrogens with one attached hydrogen (secondary N) is 1. The van der Waals surface area contributed by atoms with Crippen LogP contribution in [0.1, 0.15) is 42.2 Å². The molecule has 1 amide bonds. The minimum absolute atomic E-state index is 0.0849. The number of rotatable bonds is 6. The molecule has 1 N–H and O–H groups in total. The lowest BCUT2D eigenvalue weighted by molar-refractivity contribution is -0.122. The number of hydrogen-bond acceptors (Lipinski definition) is 2. The Morgan fingerprint density at radius 3 is 2.57 bits per heavy atom. The van der Waals surface area contributed by atoms with E-state index in [-0.39, 0.29) is 11.8 Å². The van der Waals surface area contributed by atoms with E-state index in [2.05, 4.69) is 30.3 Å². The molecule has 1 atom stereocenters. The minimum Gasteiger partial charge on any atom is -0.356 e. The van der Waals surface area contributed by atoms with E-state index in [0.717, 1.165) is 29.7 Å². The van der Waals surface area contributed by atoms with Crippen molar-refractivity contribution >= 4 is 22.8 Å². The summed E-state index contributed by atoms with van der Waals surface area (Å²) in [7, 11) is 0. The fraction of sp³-hybridized carbons (Fsp3) is 0.278. The SMILES string of the molecule is C=C(c1ccc(C(C)C(=O)NCCC)cc1)c1cccs1. The molecule has 2 nitrogen and oxygen atoms in total. The van der Waals surface area contributed by atoms with E-state index in [1.165, 1.54) is 4.88 Å². The molecule has 2 rings (SSSR count). The van der Waals surface area contributed by atoms with Crippen molar-refractivity contribution in [3.63, 3.8) is 0 Å². The molecule has 110 valence electrons. The van der Waals surface area contributed by atoms with Gasteiger partial charge in [-0.1, -0.05) is 43.8 Å². The largest absolute Gasteiger partial charge is 0.356 e. The minimum atomic E-state index is -0.124. The van der Waals surface area contributed by atoms with Crippen LogP contribution < -0.4 is 5.32 Å². The zero-order valence-corrected chi connectivity index (χ0v) is 13.4. The molecule has 1 heterocycles. The number of amides is 1. The molecule has 0 spiro atoms. The Balaban J connectivity index is 2.08. The fourth-order valence-electron chi connectivity index (χ4n) is 2.12. The number of hydrogen-bond donors (Lipinski definition) is 1. The van der Waals surface area contributed by atoms with Crippen LogP contribution in [0.15, 0.2) is 48.4 Å². The lowest BCUT2D eigenvalue weighted by Gasteiger charge is -2.13. The molecule has 2 aromatic rings. The summed E-state index contributed by atoms with van der Waals surface area (Å²) >= 11 is 1.69. The highest BCUT2D eigenvalue weighted by atomic mass is 32.1. The first-order valence-corrected chi connectivity index (χ1v) is 8.12. The summed E-state index contributed by atoms with van der Waals surface area (Å²) in [5.74, 6) is -0.0395. The van der Waals surface area contributed by atoms with E-state index in [1.807, 2.05) is 37.3 Å². The molecule has 0 radical (unpaired) electrons. The molecule has 3 heteroatoms. The number of benzene rings is 1. The van der Waals surface area contributed by atoms with Crippen LogP contribution in [0.3, 0.4) is 0 Å². The van der Waals surface area contributed by atoms with Gasteiger partial charge in [0.05, 0.1) is 5.92 Å². The molecule has 1 aromatic heterocycles. The summed E-state index contributed by atoms with van der Waals surface area (Å²) in [6.45, 7) is 8.87. The Kier molecular flexibility index (Phi) is 5.34. The summed E-state index contributed by atoms with van der Waals surface area (Å²) in [5.41, 5.74) is 3.16. The summed E-state index contributed by atoms with van der Waals surface area (Å²) < 4.78 is 0. The normalized spacial score (nSPS) is 11.9. The van der Waals surface area contributed by atoms with Crippen molar-refractivity contribution in [2.24, 2.45) is 0 Å². The van der Waals surface area contributed by atoms with Crippen LogP contribution in [0, 0.1) is 0 Å². The van der Waals surface area contributed by atoms with Gasteiger partial charge in [-0.25, -0.2) is 0 Å². The topological polar surface area (TPSA) is 29.1 Å². The molecular weight excluding hydrogens is 278 g/mol. The van der Waals surface area contributed by atoms with Crippen molar-refractivity contribution in [2.75, 3.05) is 6.54 Å². The second-order valence-electron chi connectivity index (χ2n) is 5.09. The van der Waals surface area contributed by atoms with Gasteiger partial charge in [0.2, 0.25) is 5.91 Å². The van der Waals surface area contributed by atoms with Gasteiger partial charge in [-0.05, 0) is 41.5 Å². The van der Waals surface area contributed by atoms with E-state index < -0.39 is 0 Å². The zero-order valence-electron chi connectivity index (χ0n) is 12.6. The summed E-state index contributed by atoms with van der Waals surface area (Å²) in [4.78, 5) is 13.2. The molecule has 0 fully saturated rings. The average Bonchev–Trinajstić information content (AvgIpc) is 3.05. The third-order valence-corrected chi connectivity index (χ3v) is 4.45. The van der Waals surface area contributed by atoms with Crippen LogP contribution in [0.25, 0.3) is 5.57 Å². The Bertz CT molecular complexity index is 599. The highest BCUT2D eigenvalue weighted by Crippen LogP contribution is 2.26. The number of carbonyl (C=O) groups excluding carboxylic acids is 1. The van der Waals surface area contributed by atoms with Gasteiger partial charge in [-0.15, -0.1) is 11.3 Å². The van der Waals surface area contributed by atoms with Gasteiger partial charge in [0.15, 0.2) is 0 Å². The van der Waals surface area contributed by atoms with Crippen LogP contribution >= 0.6 is 11.3 Å². The van der Waals surface area contributed by atoms with Gasteiger partial charge in [0.25, 0.3) is 0 Å². The third-order valence-electron chi connectivity index (χ3n) is 3.52. The molecule has 0 saturated heterocycles. The predicted molar refractivity (Wildman–Crippen MR) is 90.6 cm³/mol. The van der Waals surface area contributed by atoms with Crippen molar-refractivity contribution in [3.05, 3.63) is 64.4 Å². The van der Waals surface area contributed by atoms with Gasteiger partial charge < -0.3 is 5.32 Å². The standard InChI is InChI=1S/C18H21NOS/c1-4-11-19-18(20)14(3)16-9-7-15(8-10-16)13(2)17-6-5-12-21-17/h5-10,12,14H,2,4,11H2,1,3H3,(H,19,20). The van der Waals surface area contributed by atoms with Crippen molar-refractivity contribution in [1.82, 2.24) is 5.32 Å². The third kappa shape index (κ3) is 3.82. The molecule has 0 bridgehead atoms. The second kappa shape index (κ2) is 7.23. The Labute approximate surface area is 130 Å². The van der Waals surface area contributed by atoms with Gasteiger partial charge in [-0.2, -0.15) is 0 Å². The summed E-state index contributed by atoms with van der Waals surface area (Å²) in [6.07, 6.45) is 0.956. The van der Waals surface area contributed by atoms with E-state index in [4.69, 9.17) is 0 Å². The van der Waals surface area contributed by atoms with Crippen molar-refractivity contribution in [1.29, 1.82) is 0 Å². The Hall–Kier alpha value is -1.87. The number of carbonyl (C=O) groups is 1. The molecule has 0 saturated carbocycles. The number of thiophene rings is 1. The van der Waals surface area contributed by atoms with E-state index >= 15 is 0 Å². The first-order chi connectivity index (χ1) is 10.1. The zero-order chi connectivity index (χ0) is 15.2. The smallest absolute Gasteiger partial charge is 0.227 e. The van der Waals surface area contributed by atoms with Gasteiger partial charge >= 0.3 is 0 Å². The van der Waals surface area contributed by atoms with E-state index in [9.17, 15) is 4.79 Å². The maximum Gasteiger partial charge on any atom is 0.227 e. The van der Waals surface area contributed by atoms with E-state index in [1.54, 1.807) is 11.3 Å². The maximum atomic E-state index is 12.0. The lowest BCUT2D eigenvalue weighted by atomic mass is 9.97. The molecule has 1 unspecified atom stereocenters. The first-order valence-electron chi connectivity index (χ1n) is 7.24. The second-order valence-corrected chi connectivity index (χ2v) is 6.04. The molecule has 21 heavy (non-hydrogen) atoms. The molecular formula is C18H21NOS. The van der Waals surface area contributed by atoms with Gasteiger partial charge in [0.1, 0.15) is 0 Å². The molecule has 1 aromatic carbocycles. The van der Waals surface area contributed by atoms with Crippen molar-refractivity contribution in [2.45, 2.75) is 26.2 Å². The summed E-state index contributed by atoms with van der Waals surface area (Å²) in [5, 5.41) is 4.99. The first kappa shape index (κ1) is 15.5. The predicted octanol–water partition coefficient (Wildman–Crippen LogP) is 4.44. The monoisotopic (exact) mass is 299 g/mol. The summed E-state index contributed by atoms with van der Waals surface area (Å²) in [6, 6.07) is 12.2. The Morgan fingerprint density at radius 1 is 1.29 bits per heavy atom. The fourth-order valence-corrected chi connectivity index (χ4v) is 2.84. The van der Waals surface area contributed by atoms with Gasteiger partial charge in [0, 0.05) is 11.4 Å². The van der Waals surface area contributed by atoms with Crippen molar-refractivity contribution in [3.8, 4) is 0 Å². The van der Waals surface area contributed by atoms with E-state index in [0.29, 0.717) is 0 Å². The van der Waals surface area contributed by atoms with Crippen LogP contribution in [-0.4, -0.2) is 12.5 Å². The van der Waals surface area contributed by atoms with Crippen LogP contribution in [0.2, 0.25) is 0 Å². The highest BCUT2D eigenvalue weighted by molar-refractivity contribution is 7.11. The molecule has 0 aliphatic heterocycles. The van der Waals surface area contributed by atoms with Gasteiger partial charge in [-0.3, -0.25) is 4.79 Å². The Morgan fingerprint density at radius 2 is 2.00 bits per heavy atom. The lowest BCUT2D eigenvalue weighted by Crippen LogP contribution is -2.28. The van der Waals surface area contributed by atoms with Crippen LogP contribution in [-0.2, 0) is 4.79 Å². The quantitative estimate of drug-likeness (QED) is 0.839. The highest BCUT2D eigenvalue weighted by Gasteiger charge is 2.14. The van der Waals surface area contributed by atoms with Crippen LogP contribution in [0.5, 0.6) is 0 Å². The molecule has 0 aliphatic carbocycles. The average molecular weight is 299 g/mol. The maximum absolute atomic E-state index is 12.0. The van der Waals surface area contributed by atoms with Crippen molar-refractivity contribution < 1.29 is 4.79 Å². The molecule has 0 aliphatic rings.